The quantitative estimate of drug-likeness (QED) is 0.185. The summed E-state index contributed by atoms with van der Waals surface area (Å²) in [5, 5.41) is 23.5. The van der Waals surface area contributed by atoms with E-state index in [1.807, 2.05) is 0 Å². The predicted octanol–water partition coefficient (Wildman–Crippen LogP) is 3.62. The Balaban J connectivity index is 3.45. The van der Waals surface area contributed by atoms with Crippen LogP contribution >= 0.6 is 0 Å². The molecule has 0 aromatic rings. The van der Waals surface area contributed by atoms with Crippen molar-refractivity contribution in [1.82, 2.24) is 9.62 Å². The van der Waals surface area contributed by atoms with Crippen LogP contribution in [0.2, 0.25) is 19.3 Å². The third kappa shape index (κ3) is 5.92. The molecule has 0 radical (unpaired) electrons. The van der Waals surface area contributed by atoms with Gasteiger partial charge in [0.15, 0.2) is 0 Å². The van der Waals surface area contributed by atoms with Crippen molar-refractivity contribution in [2.24, 2.45) is 5.92 Å². The zero-order valence-corrected chi connectivity index (χ0v) is 21.5. The maximum absolute atomic E-state index is 11.7. The van der Waals surface area contributed by atoms with Gasteiger partial charge in [-0.25, -0.2) is 0 Å². The number of nitro groups is 2. The molecule has 1 saturated carbocycles. The van der Waals surface area contributed by atoms with Crippen LogP contribution in [0.5, 0.6) is 0 Å². The van der Waals surface area contributed by atoms with Crippen LogP contribution in [-0.2, 0) is 0 Å². The summed E-state index contributed by atoms with van der Waals surface area (Å²) in [6.45, 7) is 11.9. The Kier molecular flexibility index (Phi) is 9.40. The first-order valence-electron chi connectivity index (χ1n) is 10.4. The van der Waals surface area contributed by atoms with Crippen molar-refractivity contribution in [3.63, 3.8) is 0 Å². The van der Waals surface area contributed by atoms with Gasteiger partial charge in [0.05, 0.1) is 0 Å². The van der Waals surface area contributed by atoms with Crippen molar-refractivity contribution >= 4 is 25.4 Å². The van der Waals surface area contributed by atoms with Gasteiger partial charge in [0.1, 0.15) is 0 Å². The summed E-state index contributed by atoms with van der Waals surface area (Å²) in [6.07, 6.45) is -0.0467. The molecular formula is C18H37BN4O4Sn. The molecule has 28 heavy (non-hydrogen) atoms. The Morgan fingerprint density at radius 3 is 1.79 bits per heavy atom. The van der Waals surface area contributed by atoms with E-state index in [0.29, 0.717) is 0 Å². The Labute approximate surface area is 174 Å². The van der Waals surface area contributed by atoms with Gasteiger partial charge < -0.3 is 0 Å². The second-order valence-electron chi connectivity index (χ2n) is 8.94. The Morgan fingerprint density at radius 1 is 1.04 bits per heavy atom. The molecule has 1 fully saturated rings. The Morgan fingerprint density at radius 2 is 1.46 bits per heavy atom. The molecule has 0 aromatic heterocycles. The second-order valence-corrected chi connectivity index (χ2v) is 24.7. The van der Waals surface area contributed by atoms with Crippen LogP contribution in [0.1, 0.15) is 40.5 Å². The number of rotatable bonds is 11. The van der Waals surface area contributed by atoms with Crippen molar-refractivity contribution in [1.29, 1.82) is 0 Å². The molecule has 0 saturated heterocycles. The molecule has 0 spiro atoms. The molecule has 1 unspecified atom stereocenters. The maximum atomic E-state index is 11.7. The number of nitrogens with zero attached hydrogens (tertiary/aromatic N) is 4. The molecule has 1 aliphatic rings. The minimum absolute atomic E-state index is 0.0203. The van der Waals surface area contributed by atoms with E-state index in [0.717, 1.165) is 36.2 Å². The molecule has 0 amide bonds. The molecule has 1 rings (SSSR count). The fraction of sp³-hybridized carbons (Fsp3) is 0.889. The summed E-state index contributed by atoms with van der Waals surface area (Å²) in [5.74, 6) is 2.07. The van der Waals surface area contributed by atoms with Gasteiger partial charge >= 0.3 is 174 Å². The average molecular weight is 503 g/mol. The van der Waals surface area contributed by atoms with Crippen molar-refractivity contribution in [2.75, 3.05) is 26.2 Å². The van der Waals surface area contributed by atoms with Crippen LogP contribution in [0.3, 0.4) is 0 Å². The third-order valence-electron chi connectivity index (χ3n) is 5.86. The normalized spacial score (nSPS) is 20.9. The van der Waals surface area contributed by atoms with Crippen LogP contribution in [0.4, 0.5) is 0 Å². The monoisotopic (exact) mass is 504 g/mol. The molecule has 8 nitrogen and oxygen atoms in total. The first-order chi connectivity index (χ1) is 13.0. The van der Waals surface area contributed by atoms with Crippen LogP contribution in [0, 0.1) is 26.1 Å². The van der Waals surface area contributed by atoms with E-state index >= 15 is 0 Å². The second kappa shape index (κ2) is 10.4. The van der Waals surface area contributed by atoms with Crippen LogP contribution in [0.15, 0.2) is 11.5 Å². The molecule has 160 valence electrons. The van der Waals surface area contributed by atoms with Gasteiger partial charge in [-0.1, -0.05) is 0 Å². The topological polar surface area (TPSA) is 92.8 Å². The van der Waals surface area contributed by atoms with E-state index in [2.05, 4.69) is 58.1 Å². The van der Waals surface area contributed by atoms with Gasteiger partial charge in [0, 0.05) is 0 Å². The van der Waals surface area contributed by atoms with Crippen molar-refractivity contribution in [3.8, 4) is 0 Å². The van der Waals surface area contributed by atoms with Gasteiger partial charge in [-0.05, 0) is 0 Å². The summed E-state index contributed by atoms with van der Waals surface area (Å²) in [7, 11) is 0. The number of hydrogen-bond donors (Lipinski definition) is 0. The van der Waals surface area contributed by atoms with Gasteiger partial charge in [0.25, 0.3) is 0 Å². The molecule has 0 aliphatic heterocycles. The van der Waals surface area contributed by atoms with Crippen molar-refractivity contribution < 1.29 is 9.85 Å². The summed E-state index contributed by atoms with van der Waals surface area (Å²) in [5.41, 5.74) is -1.14. The standard InChI is InChI=1S/C15H28BN4O4.3CH3.Sn/c1-6-17(7-2)16(18(8-3)9-4)12-14-11-15(19(21)22,20(23)24)10-13(14)5;;;;/h12-13H,5-11H2,1-4H3;3*1H3;. The molecule has 1 aliphatic carbocycles. The van der Waals surface area contributed by atoms with Crippen molar-refractivity contribution in [3.05, 3.63) is 31.8 Å². The van der Waals surface area contributed by atoms with E-state index < -0.39 is 33.9 Å². The molecule has 1 atom stereocenters. The van der Waals surface area contributed by atoms with E-state index in [4.69, 9.17) is 0 Å². The molecule has 0 N–H and O–H groups in total. The van der Waals surface area contributed by atoms with E-state index in [1.54, 1.807) is 0 Å². The molecule has 0 aromatic carbocycles. The summed E-state index contributed by atoms with van der Waals surface area (Å²) >= 11 is -2.31. The summed E-state index contributed by atoms with van der Waals surface area (Å²) < 4.78 is 0.910. The minimum atomic E-state index is -2.31. The van der Waals surface area contributed by atoms with Gasteiger partial charge in [-0.2, -0.15) is 0 Å². The summed E-state index contributed by atoms with van der Waals surface area (Å²) in [6, 6.07) is 0. The molecular weight excluding hydrogens is 466 g/mol. The average Bonchev–Trinajstić information content (AvgIpc) is 2.95. The molecule has 10 heteroatoms. The van der Waals surface area contributed by atoms with Crippen molar-refractivity contribution in [2.45, 2.75) is 65.5 Å². The third-order valence-corrected chi connectivity index (χ3v) is 10.8. The van der Waals surface area contributed by atoms with Gasteiger partial charge in [-0.3, -0.25) is 0 Å². The zero-order valence-electron chi connectivity index (χ0n) is 18.6. The first kappa shape index (κ1) is 25.4. The molecule has 0 heterocycles. The van der Waals surface area contributed by atoms with E-state index in [-0.39, 0.29) is 25.7 Å². The fourth-order valence-electron chi connectivity index (χ4n) is 4.38. The fourth-order valence-corrected chi connectivity index (χ4v) is 9.76. The number of hydrogen-bond acceptors (Lipinski definition) is 6. The van der Waals surface area contributed by atoms with E-state index in [9.17, 15) is 20.2 Å². The van der Waals surface area contributed by atoms with E-state index in [1.165, 1.54) is 0 Å². The Hall–Kier alpha value is -0.676. The van der Waals surface area contributed by atoms with Crippen LogP contribution < -0.4 is 0 Å². The SMILES string of the molecule is CCN(CC)B(C=C1CC([N+](=O)[O-])([N+](=O)[O-])CC1[CH2][Sn]([CH3])([CH3])[CH3])N(CC)CC. The predicted molar refractivity (Wildman–Crippen MR) is 117 cm³/mol. The van der Waals surface area contributed by atoms with Gasteiger partial charge in [0.2, 0.25) is 0 Å². The van der Waals surface area contributed by atoms with Crippen LogP contribution in [-0.4, -0.2) is 76.7 Å². The van der Waals surface area contributed by atoms with Crippen LogP contribution in [0.25, 0.3) is 0 Å². The Bertz CT molecular complexity index is 563. The zero-order chi connectivity index (χ0) is 21.7. The summed E-state index contributed by atoms with van der Waals surface area (Å²) in [4.78, 5) is 33.7. The molecule has 0 bridgehead atoms. The van der Waals surface area contributed by atoms with Gasteiger partial charge in [-0.15, -0.1) is 0 Å². The first-order valence-corrected chi connectivity index (χ1v) is 21.0.